The van der Waals surface area contributed by atoms with Gasteiger partial charge >= 0.3 is 5.97 Å². The van der Waals surface area contributed by atoms with E-state index in [1.165, 1.54) is 0 Å². The lowest BCUT2D eigenvalue weighted by atomic mass is 10.1. The molecule has 1 unspecified atom stereocenters. The minimum atomic E-state index is -0.961. The molecule has 0 fully saturated rings. The number of hydrogen-bond acceptors (Lipinski definition) is 3. The molecule has 0 aliphatic carbocycles. The first-order valence-corrected chi connectivity index (χ1v) is 5.73. The number of amides is 1. The molecule has 0 aliphatic rings. The number of rotatable bonds is 8. The van der Waals surface area contributed by atoms with Gasteiger partial charge in [0.15, 0.2) is 0 Å². The third kappa shape index (κ3) is 6.40. The van der Waals surface area contributed by atoms with Gasteiger partial charge in [-0.15, -0.1) is 0 Å². The number of aliphatic carboxylic acids is 1. The van der Waals surface area contributed by atoms with Crippen molar-refractivity contribution in [1.82, 2.24) is 4.90 Å². The van der Waals surface area contributed by atoms with Crippen molar-refractivity contribution >= 4 is 11.9 Å². The van der Waals surface area contributed by atoms with Crippen LogP contribution >= 0.6 is 0 Å². The molecule has 3 N–H and O–H groups in total. The standard InChI is InChI=1S/C11H22N2O3/c1-3-7-13(9(2)14)8-5-4-6-10(12)11(15)16/h10H,3-8,12H2,1-2H3,(H,15,16). The minimum Gasteiger partial charge on any atom is -0.480 e. The van der Waals surface area contributed by atoms with Gasteiger partial charge in [0.2, 0.25) is 5.91 Å². The van der Waals surface area contributed by atoms with Gasteiger partial charge in [0.1, 0.15) is 6.04 Å². The fourth-order valence-electron chi connectivity index (χ4n) is 1.49. The summed E-state index contributed by atoms with van der Waals surface area (Å²) in [6, 6.07) is -0.781. The number of carbonyl (C=O) groups is 2. The van der Waals surface area contributed by atoms with Crippen LogP contribution in [0.25, 0.3) is 0 Å². The SMILES string of the molecule is CCCN(CCCCC(N)C(=O)O)C(C)=O. The molecular weight excluding hydrogens is 208 g/mol. The summed E-state index contributed by atoms with van der Waals surface area (Å²) in [6.07, 6.45) is 2.95. The molecule has 16 heavy (non-hydrogen) atoms. The summed E-state index contributed by atoms with van der Waals surface area (Å²) in [5.41, 5.74) is 5.37. The van der Waals surface area contributed by atoms with Crippen LogP contribution in [0, 0.1) is 0 Å². The fraction of sp³-hybridized carbons (Fsp3) is 0.818. The van der Waals surface area contributed by atoms with Crippen LogP contribution < -0.4 is 5.73 Å². The topological polar surface area (TPSA) is 83.6 Å². The van der Waals surface area contributed by atoms with E-state index in [4.69, 9.17) is 10.8 Å². The molecule has 0 saturated carbocycles. The van der Waals surface area contributed by atoms with E-state index in [-0.39, 0.29) is 5.91 Å². The average Bonchev–Trinajstić information content (AvgIpc) is 2.21. The number of hydrogen-bond donors (Lipinski definition) is 2. The molecule has 0 saturated heterocycles. The highest BCUT2D eigenvalue weighted by atomic mass is 16.4. The summed E-state index contributed by atoms with van der Waals surface area (Å²) in [5.74, 6) is -0.888. The molecule has 0 heterocycles. The van der Waals surface area contributed by atoms with Crippen LogP contribution in [0.15, 0.2) is 0 Å². The number of carboxylic acid groups (broad SMARTS) is 1. The summed E-state index contributed by atoms with van der Waals surface area (Å²) in [7, 11) is 0. The third-order valence-electron chi connectivity index (χ3n) is 2.45. The fourth-order valence-corrected chi connectivity index (χ4v) is 1.49. The zero-order chi connectivity index (χ0) is 12.6. The van der Waals surface area contributed by atoms with E-state index in [2.05, 4.69) is 0 Å². The van der Waals surface area contributed by atoms with Gasteiger partial charge in [-0.1, -0.05) is 6.92 Å². The highest BCUT2D eigenvalue weighted by molar-refractivity contribution is 5.73. The van der Waals surface area contributed by atoms with Crippen molar-refractivity contribution in [1.29, 1.82) is 0 Å². The lowest BCUT2D eigenvalue weighted by Gasteiger charge is -2.20. The molecule has 0 spiro atoms. The second-order valence-electron chi connectivity index (χ2n) is 3.95. The number of carboxylic acids is 1. The molecule has 0 aromatic carbocycles. The highest BCUT2D eigenvalue weighted by Gasteiger charge is 2.11. The van der Waals surface area contributed by atoms with Crippen molar-refractivity contribution in [2.24, 2.45) is 5.73 Å². The smallest absolute Gasteiger partial charge is 0.320 e. The monoisotopic (exact) mass is 230 g/mol. The van der Waals surface area contributed by atoms with Gasteiger partial charge < -0.3 is 15.7 Å². The maximum atomic E-state index is 11.2. The Morgan fingerprint density at radius 2 is 1.94 bits per heavy atom. The van der Waals surface area contributed by atoms with E-state index in [0.29, 0.717) is 13.0 Å². The number of carbonyl (C=O) groups excluding carboxylic acids is 1. The molecule has 1 atom stereocenters. The largest absolute Gasteiger partial charge is 0.480 e. The van der Waals surface area contributed by atoms with Crippen LogP contribution in [-0.2, 0) is 9.59 Å². The van der Waals surface area contributed by atoms with Crippen LogP contribution in [0.2, 0.25) is 0 Å². The van der Waals surface area contributed by atoms with E-state index < -0.39 is 12.0 Å². The summed E-state index contributed by atoms with van der Waals surface area (Å²) in [6.45, 7) is 5.03. The summed E-state index contributed by atoms with van der Waals surface area (Å²) < 4.78 is 0. The lowest BCUT2D eigenvalue weighted by Crippen LogP contribution is -2.32. The van der Waals surface area contributed by atoms with Gasteiger partial charge in [-0.25, -0.2) is 0 Å². The maximum Gasteiger partial charge on any atom is 0.320 e. The molecule has 5 heteroatoms. The quantitative estimate of drug-likeness (QED) is 0.605. The summed E-state index contributed by atoms with van der Waals surface area (Å²) in [4.78, 5) is 23.4. The van der Waals surface area contributed by atoms with Crippen molar-refractivity contribution in [3.05, 3.63) is 0 Å². The van der Waals surface area contributed by atoms with E-state index in [9.17, 15) is 9.59 Å². The Morgan fingerprint density at radius 3 is 2.38 bits per heavy atom. The number of nitrogens with two attached hydrogens (primary N) is 1. The van der Waals surface area contributed by atoms with Crippen molar-refractivity contribution in [3.63, 3.8) is 0 Å². The maximum absolute atomic E-state index is 11.2. The van der Waals surface area contributed by atoms with Gasteiger partial charge in [0, 0.05) is 20.0 Å². The molecular formula is C11H22N2O3. The van der Waals surface area contributed by atoms with Gasteiger partial charge in [0.25, 0.3) is 0 Å². The normalized spacial score (nSPS) is 12.2. The van der Waals surface area contributed by atoms with Crippen LogP contribution in [0.1, 0.15) is 39.5 Å². The molecule has 0 aromatic rings. The Hall–Kier alpha value is -1.10. The van der Waals surface area contributed by atoms with Crippen molar-refractivity contribution in [2.45, 2.75) is 45.6 Å². The third-order valence-corrected chi connectivity index (χ3v) is 2.45. The van der Waals surface area contributed by atoms with Gasteiger partial charge in [-0.3, -0.25) is 9.59 Å². The molecule has 0 aliphatic heterocycles. The molecule has 94 valence electrons. The lowest BCUT2D eigenvalue weighted by molar-refractivity contribution is -0.138. The van der Waals surface area contributed by atoms with Gasteiger partial charge in [0.05, 0.1) is 0 Å². The van der Waals surface area contributed by atoms with Crippen LogP contribution in [-0.4, -0.2) is 41.0 Å². The van der Waals surface area contributed by atoms with E-state index in [0.717, 1.165) is 25.8 Å². The van der Waals surface area contributed by atoms with Crippen molar-refractivity contribution in [2.75, 3.05) is 13.1 Å². The zero-order valence-corrected chi connectivity index (χ0v) is 10.1. The summed E-state index contributed by atoms with van der Waals surface area (Å²) in [5, 5.41) is 8.57. The molecule has 0 bridgehead atoms. The van der Waals surface area contributed by atoms with Crippen LogP contribution in [0.3, 0.4) is 0 Å². The van der Waals surface area contributed by atoms with Gasteiger partial charge in [-0.05, 0) is 25.7 Å². The molecule has 0 rings (SSSR count). The predicted octanol–water partition coefficient (Wildman–Crippen LogP) is 0.827. The molecule has 5 nitrogen and oxygen atoms in total. The van der Waals surface area contributed by atoms with E-state index in [1.54, 1.807) is 11.8 Å². The summed E-state index contributed by atoms with van der Waals surface area (Å²) >= 11 is 0. The van der Waals surface area contributed by atoms with Crippen molar-refractivity contribution in [3.8, 4) is 0 Å². The van der Waals surface area contributed by atoms with Crippen molar-refractivity contribution < 1.29 is 14.7 Å². The highest BCUT2D eigenvalue weighted by Crippen LogP contribution is 2.02. The Kier molecular flexibility index (Phi) is 7.54. The average molecular weight is 230 g/mol. The van der Waals surface area contributed by atoms with Crippen LogP contribution in [0.4, 0.5) is 0 Å². The Bertz CT molecular complexity index is 231. The second kappa shape index (κ2) is 8.10. The number of unbranched alkanes of at least 4 members (excludes halogenated alkanes) is 1. The Morgan fingerprint density at radius 1 is 1.31 bits per heavy atom. The zero-order valence-electron chi connectivity index (χ0n) is 10.1. The second-order valence-corrected chi connectivity index (χ2v) is 3.95. The Labute approximate surface area is 96.6 Å². The molecule has 0 radical (unpaired) electrons. The molecule has 0 aromatic heterocycles. The van der Waals surface area contributed by atoms with E-state index in [1.807, 2.05) is 6.92 Å². The van der Waals surface area contributed by atoms with Gasteiger partial charge in [-0.2, -0.15) is 0 Å². The van der Waals surface area contributed by atoms with E-state index >= 15 is 0 Å². The number of nitrogens with zero attached hydrogens (tertiary/aromatic N) is 1. The Balaban J connectivity index is 3.70. The first-order chi connectivity index (χ1) is 7.49. The minimum absolute atomic E-state index is 0.0735. The van der Waals surface area contributed by atoms with Crippen LogP contribution in [0.5, 0.6) is 0 Å². The first kappa shape index (κ1) is 14.9. The predicted molar refractivity (Wildman–Crippen MR) is 62.0 cm³/mol. The first-order valence-electron chi connectivity index (χ1n) is 5.73. The molecule has 1 amide bonds.